The van der Waals surface area contributed by atoms with Gasteiger partial charge >= 0.3 is 6.36 Å². The standard InChI is InChI=1S/C32H28F4N2O5/c1-4-14-41-20-12-13-21(22(33)16-20)29-30-23(17-31(2,3)18-42-30)37-28-24(9-7-10-25(28)39)38(29)27(40)15-19-8-5-6-11-26(19)43-32(34,35)36/h1,5-13,16,29,37,39H,14-15,17-18H2,2-3H3. The number of hydrogen-bond donors (Lipinski definition) is 2. The summed E-state index contributed by atoms with van der Waals surface area (Å²) in [5.74, 6) is 0.544. The number of para-hydroxylation sites is 2. The van der Waals surface area contributed by atoms with Gasteiger partial charge in [-0.05, 0) is 36.8 Å². The van der Waals surface area contributed by atoms with Gasteiger partial charge in [0.15, 0.2) is 0 Å². The number of halogens is 4. The van der Waals surface area contributed by atoms with Crippen LogP contribution in [0.15, 0.2) is 72.1 Å². The Balaban J connectivity index is 1.68. The van der Waals surface area contributed by atoms with Gasteiger partial charge in [0.2, 0.25) is 5.91 Å². The van der Waals surface area contributed by atoms with Gasteiger partial charge in [0.05, 0.1) is 24.4 Å². The number of carbonyl (C=O) groups is 1. The zero-order chi connectivity index (χ0) is 30.9. The Hall–Kier alpha value is -4.85. The summed E-state index contributed by atoms with van der Waals surface area (Å²) in [5.41, 5.74) is 0.507. The van der Waals surface area contributed by atoms with E-state index in [0.717, 1.165) is 12.1 Å². The molecule has 224 valence electrons. The molecule has 1 amide bonds. The van der Waals surface area contributed by atoms with Crippen LogP contribution in [0.5, 0.6) is 17.2 Å². The molecule has 11 heteroatoms. The molecule has 2 heterocycles. The number of nitrogens with zero attached hydrogens (tertiary/aromatic N) is 1. The van der Waals surface area contributed by atoms with Crippen molar-refractivity contribution in [2.24, 2.45) is 5.41 Å². The zero-order valence-electron chi connectivity index (χ0n) is 23.3. The summed E-state index contributed by atoms with van der Waals surface area (Å²) in [4.78, 5) is 15.5. The summed E-state index contributed by atoms with van der Waals surface area (Å²) >= 11 is 0. The molecule has 0 saturated carbocycles. The van der Waals surface area contributed by atoms with Crippen LogP contribution in [-0.4, -0.2) is 30.6 Å². The highest BCUT2D eigenvalue weighted by molar-refractivity contribution is 6.01. The molecule has 0 bridgehead atoms. The number of phenols is 1. The number of terminal acetylenes is 1. The largest absolute Gasteiger partial charge is 0.573 e. The molecule has 3 aromatic carbocycles. The number of allylic oxidation sites excluding steroid dienone is 1. The Labute approximate surface area is 245 Å². The van der Waals surface area contributed by atoms with E-state index < -0.39 is 36.3 Å². The number of anilines is 2. The zero-order valence-corrected chi connectivity index (χ0v) is 23.3. The van der Waals surface area contributed by atoms with Crippen LogP contribution < -0.4 is 19.7 Å². The van der Waals surface area contributed by atoms with Crippen molar-refractivity contribution in [2.45, 2.75) is 39.1 Å². The van der Waals surface area contributed by atoms with E-state index in [0.29, 0.717) is 12.1 Å². The Morgan fingerprint density at radius 3 is 2.67 bits per heavy atom. The third-order valence-corrected chi connectivity index (χ3v) is 7.03. The minimum atomic E-state index is -4.98. The van der Waals surface area contributed by atoms with Crippen molar-refractivity contribution >= 4 is 17.3 Å². The van der Waals surface area contributed by atoms with Crippen LogP contribution >= 0.6 is 0 Å². The molecule has 1 unspecified atom stereocenters. The first kappa shape index (κ1) is 29.6. The second-order valence-corrected chi connectivity index (χ2v) is 10.9. The molecule has 2 N–H and O–H groups in total. The number of carbonyl (C=O) groups excluding carboxylic acids is 1. The van der Waals surface area contributed by atoms with Crippen molar-refractivity contribution < 1.29 is 41.7 Å². The molecule has 7 nitrogen and oxygen atoms in total. The molecule has 0 spiro atoms. The van der Waals surface area contributed by atoms with E-state index in [-0.39, 0.29) is 58.4 Å². The summed E-state index contributed by atoms with van der Waals surface area (Å²) in [6, 6.07) is 12.6. The van der Waals surface area contributed by atoms with Crippen LogP contribution in [0.4, 0.5) is 28.9 Å². The smallest absolute Gasteiger partial charge is 0.506 e. The van der Waals surface area contributed by atoms with Crippen LogP contribution in [0.3, 0.4) is 0 Å². The van der Waals surface area contributed by atoms with Gasteiger partial charge in [-0.15, -0.1) is 19.6 Å². The quantitative estimate of drug-likeness (QED) is 0.184. The fourth-order valence-electron chi connectivity index (χ4n) is 5.22. The molecule has 5 rings (SSSR count). The molecule has 1 atom stereocenters. The molecule has 0 saturated heterocycles. The van der Waals surface area contributed by atoms with E-state index in [1.165, 1.54) is 47.4 Å². The third-order valence-electron chi connectivity index (χ3n) is 7.03. The van der Waals surface area contributed by atoms with Gasteiger partial charge in [-0.3, -0.25) is 9.69 Å². The van der Waals surface area contributed by atoms with Gasteiger partial charge in [0, 0.05) is 22.6 Å². The SMILES string of the molecule is C#CCOc1ccc(C2C3=C(CC(C)(C)CO3)Nc3c(O)cccc3N2C(=O)Cc2ccccc2OC(F)(F)F)c(F)c1. The Morgan fingerprint density at radius 2 is 1.95 bits per heavy atom. The second-order valence-electron chi connectivity index (χ2n) is 10.9. The number of nitrogens with one attached hydrogen (secondary N) is 1. The van der Waals surface area contributed by atoms with Crippen LogP contribution in [-0.2, 0) is 16.0 Å². The minimum Gasteiger partial charge on any atom is -0.506 e. The fourth-order valence-corrected chi connectivity index (χ4v) is 5.22. The lowest BCUT2D eigenvalue weighted by Gasteiger charge is -2.38. The molecule has 2 aliphatic heterocycles. The van der Waals surface area contributed by atoms with Gasteiger partial charge in [0.1, 0.15) is 47.2 Å². The summed E-state index contributed by atoms with van der Waals surface area (Å²) in [7, 11) is 0. The van der Waals surface area contributed by atoms with Crippen molar-refractivity contribution in [1.29, 1.82) is 0 Å². The first-order chi connectivity index (χ1) is 20.4. The first-order valence-corrected chi connectivity index (χ1v) is 13.3. The number of ether oxygens (including phenoxy) is 3. The summed E-state index contributed by atoms with van der Waals surface area (Å²) < 4.78 is 71.1. The van der Waals surface area contributed by atoms with E-state index >= 15 is 4.39 Å². The van der Waals surface area contributed by atoms with E-state index in [2.05, 4.69) is 16.0 Å². The number of aromatic hydroxyl groups is 1. The molecule has 43 heavy (non-hydrogen) atoms. The van der Waals surface area contributed by atoms with E-state index in [9.17, 15) is 23.1 Å². The summed E-state index contributed by atoms with van der Waals surface area (Å²) in [6.45, 7) is 4.10. The predicted molar refractivity (Wildman–Crippen MR) is 151 cm³/mol. The molecule has 0 aromatic heterocycles. The van der Waals surface area contributed by atoms with Crippen molar-refractivity contribution in [3.63, 3.8) is 0 Å². The third kappa shape index (κ3) is 6.33. The Kier molecular flexibility index (Phi) is 7.88. The molecule has 0 radical (unpaired) electrons. The maximum Gasteiger partial charge on any atom is 0.573 e. The van der Waals surface area contributed by atoms with Gasteiger partial charge in [-0.25, -0.2) is 4.39 Å². The monoisotopic (exact) mass is 596 g/mol. The maximum absolute atomic E-state index is 15.9. The predicted octanol–water partition coefficient (Wildman–Crippen LogP) is 6.84. The summed E-state index contributed by atoms with van der Waals surface area (Å²) in [5, 5.41) is 14.1. The molecule has 0 fully saturated rings. The van der Waals surface area contributed by atoms with E-state index in [4.69, 9.17) is 15.9 Å². The number of phenolic OH excluding ortho intramolecular Hbond substituents is 1. The number of fused-ring (bicyclic) bond motifs is 1. The Bertz CT molecular complexity index is 1630. The van der Waals surface area contributed by atoms with E-state index in [1.54, 1.807) is 6.07 Å². The minimum absolute atomic E-state index is 0.0337. The number of rotatable bonds is 6. The lowest BCUT2D eigenvalue weighted by atomic mass is 9.85. The number of benzene rings is 3. The topological polar surface area (TPSA) is 80.3 Å². The maximum atomic E-state index is 15.9. The average molecular weight is 597 g/mol. The molecule has 0 aliphatic carbocycles. The molecule has 2 aliphatic rings. The van der Waals surface area contributed by atoms with Gasteiger partial charge in [-0.1, -0.05) is 44.0 Å². The lowest BCUT2D eigenvalue weighted by molar-refractivity contribution is -0.274. The number of alkyl halides is 3. The van der Waals surface area contributed by atoms with Crippen LogP contribution in [0, 0.1) is 23.6 Å². The summed E-state index contributed by atoms with van der Waals surface area (Å²) in [6.07, 6.45) is 0.159. The fraction of sp³-hybridized carbons (Fsp3) is 0.281. The normalized spacial score (nSPS) is 17.4. The van der Waals surface area contributed by atoms with Crippen LogP contribution in [0.1, 0.15) is 37.4 Å². The highest BCUT2D eigenvalue weighted by Crippen LogP contribution is 2.50. The van der Waals surface area contributed by atoms with Crippen molar-refractivity contribution in [1.82, 2.24) is 0 Å². The molecular formula is C32H28F4N2O5. The second kappa shape index (κ2) is 11.4. The van der Waals surface area contributed by atoms with Crippen molar-refractivity contribution in [2.75, 3.05) is 23.4 Å². The highest BCUT2D eigenvalue weighted by Gasteiger charge is 2.43. The van der Waals surface area contributed by atoms with Gasteiger partial charge in [0.25, 0.3) is 0 Å². The lowest BCUT2D eigenvalue weighted by Crippen LogP contribution is -2.39. The number of amides is 1. The average Bonchev–Trinajstić information content (AvgIpc) is 3.06. The van der Waals surface area contributed by atoms with Gasteiger partial charge in [-0.2, -0.15) is 0 Å². The Morgan fingerprint density at radius 1 is 1.19 bits per heavy atom. The van der Waals surface area contributed by atoms with Crippen molar-refractivity contribution in [3.8, 4) is 29.6 Å². The number of hydrogen-bond acceptors (Lipinski definition) is 6. The van der Waals surface area contributed by atoms with E-state index in [1.807, 2.05) is 13.8 Å². The van der Waals surface area contributed by atoms with Crippen LogP contribution in [0.2, 0.25) is 0 Å². The highest BCUT2D eigenvalue weighted by atomic mass is 19.4. The molecular weight excluding hydrogens is 568 g/mol. The molecule has 3 aromatic rings. The van der Waals surface area contributed by atoms with Gasteiger partial charge < -0.3 is 24.6 Å². The van der Waals surface area contributed by atoms with Crippen LogP contribution in [0.25, 0.3) is 0 Å². The first-order valence-electron chi connectivity index (χ1n) is 13.3. The van der Waals surface area contributed by atoms with Crippen molar-refractivity contribution in [3.05, 3.63) is 89.1 Å².